The maximum absolute atomic E-state index is 13.4. The van der Waals surface area contributed by atoms with Gasteiger partial charge in [0.05, 0.1) is 23.9 Å². The maximum atomic E-state index is 13.4. The van der Waals surface area contributed by atoms with Gasteiger partial charge in [-0.2, -0.15) is 0 Å². The number of ketones is 1. The fourth-order valence-electron chi connectivity index (χ4n) is 4.15. The van der Waals surface area contributed by atoms with Gasteiger partial charge in [0.2, 0.25) is 0 Å². The Kier molecular flexibility index (Phi) is 5.31. The molecule has 7 atom stereocenters. The van der Waals surface area contributed by atoms with Crippen molar-refractivity contribution in [2.24, 2.45) is 23.7 Å². The van der Waals surface area contributed by atoms with E-state index in [1.54, 1.807) is 0 Å². The molecule has 152 valence electrons. The standard InChI is InChI=1S/C19H26F2O6/c1-8-14-12(9(2)22)13(18(24)25-10(3)19(4,20)21)16(26-14)15(8)27-17(23)11-6-5-7-11/h8,10-16H,5-7H2,1-4H3. The minimum absolute atomic E-state index is 0.135. The number of hydrogen-bond donors (Lipinski definition) is 0. The van der Waals surface area contributed by atoms with Crippen LogP contribution in [0.2, 0.25) is 0 Å². The van der Waals surface area contributed by atoms with Crippen molar-refractivity contribution < 1.29 is 37.4 Å². The number of halogens is 2. The number of carbonyl (C=O) groups is 3. The lowest BCUT2D eigenvalue weighted by Crippen LogP contribution is -2.51. The summed E-state index contributed by atoms with van der Waals surface area (Å²) in [5, 5.41) is 0. The van der Waals surface area contributed by atoms with E-state index in [-0.39, 0.29) is 23.6 Å². The van der Waals surface area contributed by atoms with Crippen LogP contribution in [-0.2, 0) is 28.6 Å². The molecule has 27 heavy (non-hydrogen) atoms. The van der Waals surface area contributed by atoms with Crippen molar-refractivity contribution in [3.05, 3.63) is 0 Å². The van der Waals surface area contributed by atoms with Gasteiger partial charge < -0.3 is 14.2 Å². The fourth-order valence-corrected chi connectivity index (χ4v) is 4.15. The number of ether oxygens (including phenoxy) is 3. The van der Waals surface area contributed by atoms with E-state index in [0.29, 0.717) is 6.92 Å². The number of alkyl halides is 2. The van der Waals surface area contributed by atoms with Crippen LogP contribution in [0.3, 0.4) is 0 Å². The first-order valence-corrected chi connectivity index (χ1v) is 9.47. The molecule has 0 aromatic rings. The van der Waals surface area contributed by atoms with Gasteiger partial charge >= 0.3 is 11.9 Å². The highest BCUT2D eigenvalue weighted by molar-refractivity contribution is 5.87. The molecule has 0 aromatic carbocycles. The second-order valence-electron chi connectivity index (χ2n) is 8.15. The second-order valence-corrected chi connectivity index (χ2v) is 8.15. The van der Waals surface area contributed by atoms with Gasteiger partial charge in [-0.15, -0.1) is 0 Å². The van der Waals surface area contributed by atoms with E-state index in [1.807, 2.05) is 6.92 Å². The summed E-state index contributed by atoms with van der Waals surface area (Å²) in [5.41, 5.74) is 0. The van der Waals surface area contributed by atoms with Crippen molar-refractivity contribution in [1.29, 1.82) is 0 Å². The Bertz CT molecular complexity index is 626. The molecule has 1 saturated carbocycles. The van der Waals surface area contributed by atoms with Crippen LogP contribution in [0.25, 0.3) is 0 Å². The minimum Gasteiger partial charge on any atom is -0.459 e. The van der Waals surface area contributed by atoms with Crippen LogP contribution in [0, 0.1) is 23.7 Å². The van der Waals surface area contributed by atoms with E-state index in [4.69, 9.17) is 14.2 Å². The van der Waals surface area contributed by atoms with Gasteiger partial charge in [0.25, 0.3) is 5.92 Å². The number of fused-ring (bicyclic) bond motifs is 2. The summed E-state index contributed by atoms with van der Waals surface area (Å²) in [4.78, 5) is 37.0. The van der Waals surface area contributed by atoms with E-state index >= 15 is 0 Å². The van der Waals surface area contributed by atoms with E-state index < -0.39 is 48.1 Å². The third-order valence-corrected chi connectivity index (χ3v) is 6.21. The third kappa shape index (κ3) is 3.60. The second kappa shape index (κ2) is 7.11. The summed E-state index contributed by atoms with van der Waals surface area (Å²) in [6, 6.07) is 0. The first-order valence-electron chi connectivity index (χ1n) is 9.47. The quantitative estimate of drug-likeness (QED) is 0.651. The lowest BCUT2D eigenvalue weighted by Gasteiger charge is -2.36. The van der Waals surface area contributed by atoms with Gasteiger partial charge in [-0.1, -0.05) is 13.3 Å². The van der Waals surface area contributed by atoms with Crippen LogP contribution in [0.15, 0.2) is 0 Å². The van der Waals surface area contributed by atoms with Crippen LogP contribution in [-0.4, -0.2) is 48.1 Å². The van der Waals surface area contributed by atoms with Gasteiger partial charge in [0, 0.05) is 12.8 Å². The zero-order chi connectivity index (χ0) is 20.1. The SMILES string of the molecule is CC(=O)C1C2OC(C(OC(=O)C3CCC3)C2C)C1C(=O)OC(C)C(C)(F)F. The van der Waals surface area contributed by atoms with E-state index in [0.717, 1.165) is 26.2 Å². The lowest BCUT2D eigenvalue weighted by molar-refractivity contribution is -0.181. The van der Waals surface area contributed by atoms with Crippen molar-refractivity contribution >= 4 is 17.7 Å². The van der Waals surface area contributed by atoms with E-state index in [2.05, 4.69) is 0 Å². The third-order valence-electron chi connectivity index (χ3n) is 6.21. The molecule has 2 aliphatic heterocycles. The molecule has 1 aliphatic carbocycles. The first-order chi connectivity index (χ1) is 12.5. The molecule has 8 heteroatoms. The largest absolute Gasteiger partial charge is 0.459 e. The van der Waals surface area contributed by atoms with Crippen LogP contribution >= 0.6 is 0 Å². The Hall–Kier alpha value is -1.57. The van der Waals surface area contributed by atoms with E-state index in [9.17, 15) is 23.2 Å². The molecule has 0 radical (unpaired) electrons. The molecule has 3 fully saturated rings. The van der Waals surface area contributed by atoms with Crippen LogP contribution in [0.4, 0.5) is 8.78 Å². The monoisotopic (exact) mass is 388 g/mol. The summed E-state index contributed by atoms with van der Waals surface area (Å²) >= 11 is 0. The molecule has 3 rings (SSSR count). The fraction of sp³-hybridized carbons (Fsp3) is 0.842. The van der Waals surface area contributed by atoms with Gasteiger partial charge in [-0.3, -0.25) is 14.4 Å². The molecular formula is C19H26F2O6. The van der Waals surface area contributed by atoms with Crippen molar-refractivity contribution in [3.63, 3.8) is 0 Å². The normalized spacial score (nSPS) is 36.8. The van der Waals surface area contributed by atoms with Gasteiger partial charge in [-0.05, 0) is 26.7 Å². The summed E-state index contributed by atoms with van der Waals surface area (Å²) in [7, 11) is 0. The topological polar surface area (TPSA) is 78.9 Å². The number of Topliss-reactive ketones (excluding diaryl/α,β-unsaturated/α-hetero) is 1. The van der Waals surface area contributed by atoms with Crippen molar-refractivity contribution in [2.45, 2.75) is 77.3 Å². The highest BCUT2D eigenvalue weighted by atomic mass is 19.3. The molecule has 3 aliphatic rings. The molecule has 6 nitrogen and oxygen atoms in total. The van der Waals surface area contributed by atoms with Gasteiger partial charge in [-0.25, -0.2) is 8.78 Å². The average Bonchev–Trinajstić information content (AvgIpc) is 3.01. The lowest BCUT2D eigenvalue weighted by atomic mass is 9.71. The number of carbonyl (C=O) groups excluding carboxylic acids is 3. The average molecular weight is 388 g/mol. The number of esters is 2. The molecule has 2 heterocycles. The molecule has 0 N–H and O–H groups in total. The molecule has 0 aromatic heterocycles. The van der Waals surface area contributed by atoms with Crippen LogP contribution in [0.1, 0.15) is 47.0 Å². The van der Waals surface area contributed by atoms with Crippen molar-refractivity contribution in [3.8, 4) is 0 Å². The Morgan fingerprint density at radius 3 is 2.22 bits per heavy atom. The summed E-state index contributed by atoms with van der Waals surface area (Å²) in [6.45, 7) is 4.92. The van der Waals surface area contributed by atoms with Gasteiger partial charge in [0.15, 0.2) is 6.10 Å². The first kappa shape index (κ1) is 20.2. The molecular weight excluding hydrogens is 362 g/mol. The van der Waals surface area contributed by atoms with Crippen LogP contribution in [0.5, 0.6) is 0 Å². The van der Waals surface area contributed by atoms with E-state index in [1.165, 1.54) is 6.92 Å². The smallest absolute Gasteiger partial charge is 0.313 e. The maximum Gasteiger partial charge on any atom is 0.313 e. The Morgan fingerprint density at radius 2 is 1.74 bits per heavy atom. The molecule has 0 spiro atoms. The predicted octanol–water partition coefficient (Wildman–Crippen LogP) is 2.52. The summed E-state index contributed by atoms with van der Waals surface area (Å²) in [6.07, 6.45) is -1.24. The van der Waals surface area contributed by atoms with Crippen molar-refractivity contribution in [1.82, 2.24) is 0 Å². The molecule has 7 unspecified atom stereocenters. The Balaban J connectivity index is 1.77. The zero-order valence-electron chi connectivity index (χ0n) is 15.9. The van der Waals surface area contributed by atoms with Crippen LogP contribution < -0.4 is 0 Å². The predicted molar refractivity (Wildman–Crippen MR) is 88.9 cm³/mol. The molecule has 2 saturated heterocycles. The number of hydrogen-bond acceptors (Lipinski definition) is 6. The number of rotatable bonds is 6. The van der Waals surface area contributed by atoms with Crippen molar-refractivity contribution in [2.75, 3.05) is 0 Å². The zero-order valence-corrected chi connectivity index (χ0v) is 15.9. The Labute approximate surface area is 156 Å². The molecule has 0 amide bonds. The highest BCUT2D eigenvalue weighted by Gasteiger charge is 2.64. The minimum atomic E-state index is -3.21. The van der Waals surface area contributed by atoms with Gasteiger partial charge in [0.1, 0.15) is 18.0 Å². The Morgan fingerprint density at radius 1 is 1.11 bits per heavy atom. The summed E-state index contributed by atoms with van der Waals surface area (Å²) < 4.78 is 43.2. The highest BCUT2D eigenvalue weighted by Crippen LogP contribution is 2.49. The molecule has 2 bridgehead atoms. The summed E-state index contributed by atoms with van der Waals surface area (Å²) in [5.74, 6) is -6.94.